The van der Waals surface area contributed by atoms with Crippen LogP contribution in [0.2, 0.25) is 0 Å². The highest BCUT2D eigenvalue weighted by Crippen LogP contribution is 2.57. The number of nitrogens with zero attached hydrogens (tertiary/aromatic N) is 1. The Hall–Kier alpha value is -6.96. The van der Waals surface area contributed by atoms with Gasteiger partial charge in [-0.3, -0.25) is 0 Å². The molecule has 1 aliphatic carbocycles. The topological polar surface area (TPSA) is 3.24 Å². The molecule has 0 heterocycles. The average Bonchev–Trinajstić information content (AvgIpc) is 3.55. The lowest BCUT2D eigenvalue weighted by atomic mass is 9.67. The molecular weight excluding hydrogens is 651 g/mol. The summed E-state index contributed by atoms with van der Waals surface area (Å²) in [6.45, 7) is 0. The molecule has 0 aromatic heterocycles. The quantitative estimate of drug-likeness (QED) is 0.161. The first-order valence-corrected chi connectivity index (χ1v) is 18.7. The van der Waals surface area contributed by atoms with Gasteiger partial charge in [0.05, 0.1) is 5.41 Å². The van der Waals surface area contributed by atoms with Crippen LogP contribution in [0.15, 0.2) is 224 Å². The van der Waals surface area contributed by atoms with E-state index in [9.17, 15) is 0 Å². The fraction of sp³-hybridized carbons (Fsp3) is 0.0189. The van der Waals surface area contributed by atoms with Crippen LogP contribution in [0.1, 0.15) is 22.3 Å². The summed E-state index contributed by atoms with van der Waals surface area (Å²) in [5.74, 6) is 0. The molecule has 0 saturated carbocycles. The highest BCUT2D eigenvalue weighted by molar-refractivity contribution is 5.99. The van der Waals surface area contributed by atoms with Crippen molar-refractivity contribution in [3.8, 4) is 33.4 Å². The van der Waals surface area contributed by atoms with E-state index in [1.807, 2.05) is 0 Å². The van der Waals surface area contributed by atoms with Gasteiger partial charge in [-0.05, 0) is 109 Å². The zero-order valence-corrected chi connectivity index (χ0v) is 29.8. The Labute approximate surface area is 317 Å². The Morgan fingerprint density at radius 2 is 0.833 bits per heavy atom. The zero-order valence-electron chi connectivity index (χ0n) is 29.8. The minimum atomic E-state index is -0.467. The standard InChI is InChI=1S/C53H37N/c1-5-16-39(17-6-1)47-26-15-18-40-28-29-41(36-50(40)47)38-30-32-45(33-31-38)54(44-23-11-4-12-24-44)46-34-35-49-48-25-13-14-27-51(48)53(52(49)37-46,42-19-7-2-8-20-42)43-21-9-3-10-22-43/h1-37H. The molecule has 0 fully saturated rings. The number of rotatable bonds is 7. The van der Waals surface area contributed by atoms with Gasteiger partial charge in [-0.1, -0.05) is 182 Å². The summed E-state index contributed by atoms with van der Waals surface area (Å²) in [6, 6.07) is 81.9. The molecule has 1 heteroatoms. The molecule has 0 radical (unpaired) electrons. The number of hydrogen-bond donors (Lipinski definition) is 0. The molecule has 54 heavy (non-hydrogen) atoms. The molecule has 10 rings (SSSR count). The molecule has 0 bridgehead atoms. The Morgan fingerprint density at radius 1 is 0.296 bits per heavy atom. The van der Waals surface area contributed by atoms with Crippen molar-refractivity contribution in [2.45, 2.75) is 5.41 Å². The molecular formula is C53H37N. The molecule has 0 N–H and O–H groups in total. The number of fused-ring (bicyclic) bond motifs is 4. The van der Waals surface area contributed by atoms with Crippen molar-refractivity contribution in [3.05, 3.63) is 247 Å². The molecule has 0 saturated heterocycles. The lowest BCUT2D eigenvalue weighted by Gasteiger charge is -2.35. The van der Waals surface area contributed by atoms with Crippen LogP contribution in [0.5, 0.6) is 0 Å². The number of hydrogen-bond acceptors (Lipinski definition) is 1. The maximum Gasteiger partial charge on any atom is 0.0714 e. The Morgan fingerprint density at radius 3 is 1.54 bits per heavy atom. The third-order valence-corrected chi connectivity index (χ3v) is 11.1. The molecule has 1 aliphatic rings. The van der Waals surface area contributed by atoms with Crippen molar-refractivity contribution in [2.24, 2.45) is 0 Å². The fourth-order valence-corrected chi connectivity index (χ4v) is 8.72. The van der Waals surface area contributed by atoms with Crippen LogP contribution < -0.4 is 4.90 Å². The third kappa shape index (κ3) is 5.17. The first kappa shape index (κ1) is 31.7. The molecule has 0 spiro atoms. The van der Waals surface area contributed by atoms with Gasteiger partial charge in [0, 0.05) is 17.1 Å². The predicted molar refractivity (Wildman–Crippen MR) is 227 cm³/mol. The SMILES string of the molecule is c1ccc(-c2cccc3ccc(-c4ccc(N(c5ccccc5)c5ccc6c(c5)C(c5ccccc5)(c5ccccc5)c5ccccc5-6)cc4)cc23)cc1. The molecule has 254 valence electrons. The second-order valence-electron chi connectivity index (χ2n) is 14.1. The third-order valence-electron chi connectivity index (χ3n) is 11.1. The monoisotopic (exact) mass is 687 g/mol. The van der Waals surface area contributed by atoms with Gasteiger partial charge >= 0.3 is 0 Å². The van der Waals surface area contributed by atoms with Crippen LogP contribution in [-0.4, -0.2) is 0 Å². The van der Waals surface area contributed by atoms with Gasteiger partial charge < -0.3 is 4.90 Å². The zero-order chi connectivity index (χ0) is 35.9. The van der Waals surface area contributed by atoms with E-state index in [1.165, 1.54) is 66.4 Å². The van der Waals surface area contributed by atoms with E-state index in [0.717, 1.165) is 17.1 Å². The van der Waals surface area contributed by atoms with Crippen LogP contribution in [-0.2, 0) is 5.41 Å². The van der Waals surface area contributed by atoms with Gasteiger partial charge in [-0.25, -0.2) is 0 Å². The van der Waals surface area contributed by atoms with E-state index in [1.54, 1.807) is 0 Å². The van der Waals surface area contributed by atoms with Crippen LogP contribution in [0.4, 0.5) is 17.1 Å². The maximum absolute atomic E-state index is 2.44. The summed E-state index contributed by atoms with van der Waals surface area (Å²) >= 11 is 0. The van der Waals surface area contributed by atoms with Crippen molar-refractivity contribution in [1.82, 2.24) is 0 Å². The van der Waals surface area contributed by atoms with E-state index < -0.39 is 5.41 Å². The minimum absolute atomic E-state index is 0.467. The van der Waals surface area contributed by atoms with Crippen LogP contribution in [0, 0.1) is 0 Å². The van der Waals surface area contributed by atoms with E-state index in [-0.39, 0.29) is 0 Å². The van der Waals surface area contributed by atoms with Gasteiger partial charge in [0.15, 0.2) is 0 Å². The maximum atomic E-state index is 2.44. The van der Waals surface area contributed by atoms with Crippen molar-refractivity contribution >= 4 is 27.8 Å². The highest BCUT2D eigenvalue weighted by atomic mass is 15.1. The Kier molecular flexibility index (Phi) is 7.78. The molecule has 1 nitrogen and oxygen atoms in total. The van der Waals surface area contributed by atoms with Gasteiger partial charge in [0.2, 0.25) is 0 Å². The molecule has 9 aromatic rings. The molecule has 0 unspecified atom stereocenters. The summed E-state index contributed by atoms with van der Waals surface area (Å²) in [4.78, 5) is 2.39. The largest absolute Gasteiger partial charge is 0.310 e. The number of anilines is 3. The highest BCUT2D eigenvalue weighted by Gasteiger charge is 2.46. The lowest BCUT2D eigenvalue weighted by molar-refractivity contribution is 0.768. The van der Waals surface area contributed by atoms with Crippen LogP contribution in [0.25, 0.3) is 44.2 Å². The summed E-state index contributed by atoms with van der Waals surface area (Å²) in [5, 5.41) is 2.50. The first-order valence-electron chi connectivity index (χ1n) is 18.7. The fourth-order valence-electron chi connectivity index (χ4n) is 8.72. The number of benzene rings is 9. The molecule has 0 atom stereocenters. The van der Waals surface area contributed by atoms with E-state index in [4.69, 9.17) is 0 Å². The van der Waals surface area contributed by atoms with Crippen LogP contribution in [0.3, 0.4) is 0 Å². The second-order valence-corrected chi connectivity index (χ2v) is 14.1. The second kappa shape index (κ2) is 13.2. The Balaban J connectivity index is 1.12. The summed E-state index contributed by atoms with van der Waals surface area (Å²) < 4.78 is 0. The van der Waals surface area contributed by atoms with Crippen molar-refractivity contribution in [3.63, 3.8) is 0 Å². The lowest BCUT2D eigenvalue weighted by Crippen LogP contribution is -2.28. The summed E-state index contributed by atoms with van der Waals surface area (Å²) in [5.41, 5.74) is 15.4. The smallest absolute Gasteiger partial charge is 0.0714 e. The first-order chi connectivity index (χ1) is 26.8. The number of para-hydroxylation sites is 1. The molecule has 0 amide bonds. The van der Waals surface area contributed by atoms with Crippen molar-refractivity contribution in [1.29, 1.82) is 0 Å². The van der Waals surface area contributed by atoms with Crippen molar-refractivity contribution in [2.75, 3.05) is 4.90 Å². The van der Waals surface area contributed by atoms with Gasteiger partial charge in [-0.15, -0.1) is 0 Å². The van der Waals surface area contributed by atoms with Gasteiger partial charge in [-0.2, -0.15) is 0 Å². The Bertz CT molecular complexity index is 2700. The van der Waals surface area contributed by atoms with E-state index in [2.05, 4.69) is 229 Å². The van der Waals surface area contributed by atoms with Crippen LogP contribution >= 0.6 is 0 Å². The van der Waals surface area contributed by atoms with Gasteiger partial charge in [0.1, 0.15) is 0 Å². The summed E-state index contributed by atoms with van der Waals surface area (Å²) in [6.07, 6.45) is 0. The molecule has 0 aliphatic heterocycles. The minimum Gasteiger partial charge on any atom is -0.310 e. The average molecular weight is 688 g/mol. The summed E-state index contributed by atoms with van der Waals surface area (Å²) in [7, 11) is 0. The van der Waals surface area contributed by atoms with E-state index in [0.29, 0.717) is 0 Å². The normalized spacial score (nSPS) is 12.6. The van der Waals surface area contributed by atoms with E-state index >= 15 is 0 Å². The van der Waals surface area contributed by atoms with Gasteiger partial charge in [0.25, 0.3) is 0 Å². The van der Waals surface area contributed by atoms with Crippen molar-refractivity contribution < 1.29 is 0 Å². The predicted octanol–water partition coefficient (Wildman–Crippen LogP) is 14.0. The molecule has 9 aromatic carbocycles.